The number of unbranched alkanes of at least 4 members (excludes halogenated alkanes) is 19. The fourth-order valence-corrected chi connectivity index (χ4v) is 6.29. The highest BCUT2D eigenvalue weighted by Gasteiger charge is 2.44. The van der Waals surface area contributed by atoms with E-state index in [-0.39, 0.29) is 26.1 Å². The summed E-state index contributed by atoms with van der Waals surface area (Å²) in [6, 6.07) is 0. The van der Waals surface area contributed by atoms with E-state index in [1.165, 1.54) is 57.8 Å². The number of allylic oxidation sites excluding steroid dienone is 6. The van der Waals surface area contributed by atoms with Crippen molar-refractivity contribution in [2.24, 2.45) is 0 Å². The number of rotatable bonds is 35. The molecule has 1 heterocycles. The Morgan fingerprint density at radius 1 is 0.574 bits per heavy atom. The molecule has 0 amide bonds. The van der Waals surface area contributed by atoms with Gasteiger partial charge in [-0.2, -0.15) is 0 Å². The van der Waals surface area contributed by atoms with Crippen molar-refractivity contribution in [1.82, 2.24) is 0 Å². The van der Waals surface area contributed by atoms with Gasteiger partial charge in [0.15, 0.2) is 12.4 Å². The minimum absolute atomic E-state index is 0.216. The number of carbonyl (C=O) groups is 2. The maximum absolute atomic E-state index is 12.7. The van der Waals surface area contributed by atoms with E-state index >= 15 is 0 Å². The van der Waals surface area contributed by atoms with Crippen LogP contribution in [0.1, 0.15) is 174 Å². The zero-order chi connectivity index (χ0) is 39.5. The maximum Gasteiger partial charge on any atom is 0.306 e. The molecule has 0 aromatic heterocycles. The Balaban J connectivity index is 2.37. The standard InChI is InChI=1S/C44H78O10/c1-3-5-7-9-11-13-15-17-19-21-22-24-26-28-30-32-39(46)51-35-37(36-52-44-43(50)42(49)41(48)38(34-45)54-44)53-40(47)33-31-29-27-25-23-20-18-16-14-12-10-8-6-4-2/h13,15-19,37-38,41-45,48-50H,3-12,14,20-36H2,1-2H3/b15-13+,18-16+,19-17+/t37-,38-,41+,42?,43?,44-/m0/s1. The van der Waals surface area contributed by atoms with Crippen molar-refractivity contribution in [2.45, 2.75) is 211 Å². The summed E-state index contributed by atoms with van der Waals surface area (Å²) in [5.41, 5.74) is 0. The van der Waals surface area contributed by atoms with Crippen LogP contribution in [0.2, 0.25) is 0 Å². The monoisotopic (exact) mass is 767 g/mol. The van der Waals surface area contributed by atoms with Gasteiger partial charge in [0.05, 0.1) is 13.2 Å². The van der Waals surface area contributed by atoms with Crippen LogP contribution >= 0.6 is 0 Å². The van der Waals surface area contributed by atoms with E-state index in [1.807, 2.05) is 0 Å². The van der Waals surface area contributed by atoms with Gasteiger partial charge in [-0.25, -0.2) is 0 Å². The summed E-state index contributed by atoms with van der Waals surface area (Å²) in [7, 11) is 0. The van der Waals surface area contributed by atoms with Gasteiger partial charge in [0.2, 0.25) is 0 Å². The number of aliphatic hydroxyl groups excluding tert-OH is 4. The van der Waals surface area contributed by atoms with Crippen LogP contribution in [-0.4, -0.2) is 89.0 Å². The van der Waals surface area contributed by atoms with Crippen LogP contribution in [-0.2, 0) is 28.5 Å². The summed E-state index contributed by atoms with van der Waals surface area (Å²) in [4.78, 5) is 25.3. The molecule has 0 aromatic rings. The first-order valence-corrected chi connectivity index (χ1v) is 21.6. The van der Waals surface area contributed by atoms with Crippen LogP contribution in [0.3, 0.4) is 0 Å². The van der Waals surface area contributed by atoms with Crippen molar-refractivity contribution in [2.75, 3.05) is 19.8 Å². The second kappa shape index (κ2) is 35.3. The molecule has 1 aliphatic rings. The average Bonchev–Trinajstić information content (AvgIpc) is 3.17. The lowest BCUT2D eigenvalue weighted by Gasteiger charge is -2.39. The first kappa shape index (κ1) is 49.9. The maximum atomic E-state index is 12.7. The van der Waals surface area contributed by atoms with Gasteiger partial charge in [-0.1, -0.05) is 134 Å². The van der Waals surface area contributed by atoms with Crippen LogP contribution in [0.15, 0.2) is 36.5 Å². The van der Waals surface area contributed by atoms with E-state index in [4.69, 9.17) is 18.9 Å². The first-order valence-electron chi connectivity index (χ1n) is 21.6. The molecule has 10 nitrogen and oxygen atoms in total. The molecule has 1 saturated heterocycles. The third-order valence-corrected chi connectivity index (χ3v) is 9.78. The molecule has 1 aliphatic heterocycles. The number of hydrogen-bond acceptors (Lipinski definition) is 10. The zero-order valence-corrected chi connectivity index (χ0v) is 34.0. The third kappa shape index (κ3) is 26.7. The summed E-state index contributed by atoms with van der Waals surface area (Å²) in [5, 5.41) is 40.0. The first-order chi connectivity index (χ1) is 26.3. The molecule has 54 heavy (non-hydrogen) atoms. The van der Waals surface area contributed by atoms with Crippen molar-refractivity contribution < 1.29 is 49.0 Å². The molecule has 0 radical (unpaired) electrons. The van der Waals surface area contributed by atoms with E-state index in [0.717, 1.165) is 77.0 Å². The minimum atomic E-state index is -1.60. The molecule has 0 spiro atoms. The van der Waals surface area contributed by atoms with Gasteiger partial charge in [-0.05, 0) is 64.2 Å². The topological polar surface area (TPSA) is 152 Å². The molecule has 10 heteroatoms. The number of carbonyl (C=O) groups excluding carboxylic acids is 2. The number of esters is 2. The molecule has 1 rings (SSSR count). The zero-order valence-electron chi connectivity index (χ0n) is 34.0. The van der Waals surface area contributed by atoms with E-state index in [2.05, 4.69) is 50.3 Å². The van der Waals surface area contributed by atoms with E-state index in [1.54, 1.807) is 0 Å². The fraction of sp³-hybridized carbons (Fsp3) is 0.818. The summed E-state index contributed by atoms with van der Waals surface area (Å²) in [6.45, 7) is 3.36. The Morgan fingerprint density at radius 2 is 1.04 bits per heavy atom. The third-order valence-electron chi connectivity index (χ3n) is 9.78. The van der Waals surface area contributed by atoms with Crippen LogP contribution < -0.4 is 0 Å². The second-order valence-corrected chi connectivity index (χ2v) is 14.8. The van der Waals surface area contributed by atoms with Gasteiger partial charge in [0.25, 0.3) is 0 Å². The molecular weight excluding hydrogens is 688 g/mol. The van der Waals surface area contributed by atoms with Crippen LogP contribution in [0.25, 0.3) is 0 Å². The predicted molar refractivity (Wildman–Crippen MR) is 215 cm³/mol. The summed E-state index contributed by atoms with van der Waals surface area (Å²) in [5.74, 6) is -0.835. The van der Waals surface area contributed by atoms with Crippen molar-refractivity contribution in [3.05, 3.63) is 36.5 Å². The molecule has 0 aromatic carbocycles. The summed E-state index contributed by atoms with van der Waals surface area (Å²) >= 11 is 0. The molecule has 0 saturated carbocycles. The molecule has 314 valence electrons. The number of aliphatic hydroxyl groups is 4. The average molecular weight is 767 g/mol. The molecule has 0 bridgehead atoms. The van der Waals surface area contributed by atoms with Crippen molar-refractivity contribution in [1.29, 1.82) is 0 Å². The summed E-state index contributed by atoms with van der Waals surface area (Å²) in [6.07, 6.45) is 31.4. The highest BCUT2D eigenvalue weighted by molar-refractivity contribution is 5.70. The Hall–Kier alpha value is -2.08. The van der Waals surface area contributed by atoms with Gasteiger partial charge in [0, 0.05) is 12.8 Å². The van der Waals surface area contributed by atoms with Crippen molar-refractivity contribution in [3.63, 3.8) is 0 Å². The highest BCUT2D eigenvalue weighted by Crippen LogP contribution is 2.22. The van der Waals surface area contributed by atoms with E-state index < -0.39 is 55.4 Å². The molecule has 2 unspecified atom stereocenters. The quantitative estimate of drug-likeness (QED) is 0.0213. The predicted octanol–water partition coefficient (Wildman–Crippen LogP) is 8.72. The fourth-order valence-electron chi connectivity index (χ4n) is 6.29. The van der Waals surface area contributed by atoms with Gasteiger partial charge in [0.1, 0.15) is 31.0 Å². The molecule has 0 aliphatic carbocycles. The number of hydrogen-bond donors (Lipinski definition) is 4. The normalized spacial score (nSPS) is 21.0. The van der Waals surface area contributed by atoms with Crippen LogP contribution in [0.5, 0.6) is 0 Å². The van der Waals surface area contributed by atoms with Crippen molar-refractivity contribution in [3.8, 4) is 0 Å². The van der Waals surface area contributed by atoms with E-state index in [9.17, 15) is 30.0 Å². The van der Waals surface area contributed by atoms with Crippen molar-refractivity contribution >= 4 is 11.9 Å². The largest absolute Gasteiger partial charge is 0.462 e. The van der Waals surface area contributed by atoms with Crippen LogP contribution in [0, 0.1) is 0 Å². The van der Waals surface area contributed by atoms with Gasteiger partial charge >= 0.3 is 11.9 Å². The second-order valence-electron chi connectivity index (χ2n) is 14.8. The van der Waals surface area contributed by atoms with Gasteiger partial charge in [-0.3, -0.25) is 9.59 Å². The molecule has 1 fully saturated rings. The van der Waals surface area contributed by atoms with E-state index in [0.29, 0.717) is 12.8 Å². The van der Waals surface area contributed by atoms with Gasteiger partial charge < -0.3 is 39.4 Å². The highest BCUT2D eigenvalue weighted by atomic mass is 16.7. The smallest absolute Gasteiger partial charge is 0.306 e. The Labute approximate surface area is 327 Å². The summed E-state index contributed by atoms with van der Waals surface area (Å²) < 4.78 is 22.1. The lowest BCUT2D eigenvalue weighted by Crippen LogP contribution is -2.59. The minimum Gasteiger partial charge on any atom is -0.462 e. The molecular formula is C44H78O10. The Morgan fingerprint density at radius 3 is 1.57 bits per heavy atom. The molecule has 4 N–H and O–H groups in total. The lowest BCUT2D eigenvalue weighted by molar-refractivity contribution is -0.305. The lowest BCUT2D eigenvalue weighted by atomic mass is 9.99. The van der Waals surface area contributed by atoms with Crippen LogP contribution in [0.4, 0.5) is 0 Å². The number of ether oxygens (including phenoxy) is 4. The SMILES string of the molecule is CCCCCC/C=C/C=C/CCCCCCCC(=O)OC[C@@H](CO[C@H]1O[C@@H](CO)[C@@H](O)C(O)C1O)OC(=O)CCCCCCC/C=C/CCCCCCC. The Kier molecular flexibility index (Phi) is 32.7. The molecule has 6 atom stereocenters. The Bertz CT molecular complexity index is 980. The van der Waals surface area contributed by atoms with Gasteiger partial charge in [-0.15, -0.1) is 0 Å².